The van der Waals surface area contributed by atoms with Gasteiger partial charge in [0.15, 0.2) is 5.76 Å². The van der Waals surface area contributed by atoms with E-state index < -0.39 is 11.6 Å². The zero-order valence-electron chi connectivity index (χ0n) is 9.65. The Bertz CT molecular complexity index is 529. The van der Waals surface area contributed by atoms with Crippen LogP contribution in [-0.4, -0.2) is 22.7 Å². The number of aliphatic hydroxyl groups is 1. The maximum Gasteiger partial charge on any atom is 0.253 e. The van der Waals surface area contributed by atoms with Gasteiger partial charge in [0.05, 0.1) is 0 Å². The molecule has 0 aromatic heterocycles. The van der Waals surface area contributed by atoms with Crippen molar-refractivity contribution in [2.24, 2.45) is 0 Å². The molecule has 0 bridgehead atoms. The summed E-state index contributed by atoms with van der Waals surface area (Å²) in [4.78, 5) is 23.6. The standard InChI is InChI=1S/C13H13NO3/c1-7(2)14-10-11(15)8-5-3-4-6-9(8)12(16)13(10)17/h3-7,14-15H,1-2H3. The molecule has 2 rings (SSSR count). The Morgan fingerprint density at radius 2 is 1.65 bits per heavy atom. The first-order valence-corrected chi connectivity index (χ1v) is 5.40. The maximum absolute atomic E-state index is 11.8. The molecule has 0 heterocycles. The van der Waals surface area contributed by atoms with Crippen molar-refractivity contribution in [1.82, 2.24) is 5.32 Å². The molecule has 0 spiro atoms. The number of benzene rings is 1. The van der Waals surface area contributed by atoms with Crippen LogP contribution >= 0.6 is 0 Å². The smallest absolute Gasteiger partial charge is 0.253 e. The molecule has 2 N–H and O–H groups in total. The van der Waals surface area contributed by atoms with Gasteiger partial charge in [-0.25, -0.2) is 0 Å². The molecule has 0 atom stereocenters. The molecule has 1 aromatic rings. The molecular formula is C13H13NO3. The Morgan fingerprint density at radius 3 is 2.24 bits per heavy atom. The average Bonchev–Trinajstić information content (AvgIpc) is 2.31. The van der Waals surface area contributed by atoms with Gasteiger partial charge in [0, 0.05) is 17.2 Å². The van der Waals surface area contributed by atoms with Gasteiger partial charge in [0.2, 0.25) is 5.78 Å². The molecule has 88 valence electrons. The second-order valence-corrected chi connectivity index (χ2v) is 4.23. The van der Waals surface area contributed by atoms with Gasteiger partial charge in [-0.15, -0.1) is 0 Å². The molecule has 0 fully saturated rings. The van der Waals surface area contributed by atoms with E-state index in [0.717, 1.165) is 0 Å². The molecule has 0 amide bonds. The van der Waals surface area contributed by atoms with Crippen molar-refractivity contribution in [3.05, 3.63) is 41.1 Å². The highest BCUT2D eigenvalue weighted by Crippen LogP contribution is 2.26. The lowest BCUT2D eigenvalue weighted by Gasteiger charge is -2.20. The Labute approximate surface area is 99.0 Å². The molecule has 1 aliphatic rings. The van der Waals surface area contributed by atoms with E-state index in [2.05, 4.69) is 5.32 Å². The lowest BCUT2D eigenvalue weighted by molar-refractivity contribution is -0.112. The fourth-order valence-electron chi connectivity index (χ4n) is 1.79. The summed E-state index contributed by atoms with van der Waals surface area (Å²) in [6.45, 7) is 3.66. The van der Waals surface area contributed by atoms with Crippen molar-refractivity contribution >= 4 is 17.3 Å². The Balaban J connectivity index is 2.60. The number of Topliss-reactive ketones (excluding diaryl/α,β-unsaturated/α-hetero) is 2. The van der Waals surface area contributed by atoms with Crippen molar-refractivity contribution in [3.8, 4) is 0 Å². The van der Waals surface area contributed by atoms with Crippen LogP contribution in [0, 0.1) is 0 Å². The van der Waals surface area contributed by atoms with Crippen molar-refractivity contribution in [2.75, 3.05) is 0 Å². The van der Waals surface area contributed by atoms with Crippen LogP contribution in [0.2, 0.25) is 0 Å². The summed E-state index contributed by atoms with van der Waals surface area (Å²) in [5.41, 5.74) is 0.647. The number of carbonyl (C=O) groups is 2. The van der Waals surface area contributed by atoms with Gasteiger partial charge < -0.3 is 10.4 Å². The molecule has 0 unspecified atom stereocenters. The van der Waals surface area contributed by atoms with Crippen LogP contribution in [-0.2, 0) is 4.79 Å². The monoisotopic (exact) mass is 231 g/mol. The average molecular weight is 231 g/mol. The Morgan fingerprint density at radius 1 is 1.06 bits per heavy atom. The zero-order chi connectivity index (χ0) is 12.6. The van der Waals surface area contributed by atoms with Crippen LogP contribution in [0.4, 0.5) is 0 Å². The van der Waals surface area contributed by atoms with Crippen LogP contribution in [0.1, 0.15) is 29.8 Å². The molecule has 4 nitrogen and oxygen atoms in total. The molecule has 0 saturated carbocycles. The van der Waals surface area contributed by atoms with Crippen LogP contribution in [0.15, 0.2) is 30.0 Å². The van der Waals surface area contributed by atoms with Gasteiger partial charge in [0.1, 0.15) is 5.70 Å². The molecule has 0 radical (unpaired) electrons. The van der Waals surface area contributed by atoms with Crippen LogP contribution in [0.25, 0.3) is 5.76 Å². The van der Waals surface area contributed by atoms with Crippen molar-refractivity contribution in [1.29, 1.82) is 0 Å². The zero-order valence-corrected chi connectivity index (χ0v) is 9.65. The highest BCUT2D eigenvalue weighted by Gasteiger charge is 2.32. The highest BCUT2D eigenvalue weighted by molar-refractivity contribution is 6.52. The molecule has 1 aromatic carbocycles. The van der Waals surface area contributed by atoms with Crippen LogP contribution < -0.4 is 5.32 Å². The summed E-state index contributed by atoms with van der Waals surface area (Å²) in [6, 6.07) is 6.51. The number of hydrogen-bond acceptors (Lipinski definition) is 4. The van der Waals surface area contributed by atoms with Crippen LogP contribution in [0.3, 0.4) is 0 Å². The van der Waals surface area contributed by atoms with E-state index in [0.29, 0.717) is 5.56 Å². The van der Waals surface area contributed by atoms with Gasteiger partial charge in [0.25, 0.3) is 5.78 Å². The predicted molar refractivity (Wildman–Crippen MR) is 63.6 cm³/mol. The first-order valence-electron chi connectivity index (χ1n) is 5.40. The van der Waals surface area contributed by atoms with E-state index in [1.54, 1.807) is 18.2 Å². The highest BCUT2D eigenvalue weighted by atomic mass is 16.3. The predicted octanol–water partition coefficient (Wildman–Crippen LogP) is 1.68. The Hall–Kier alpha value is -2.10. The number of rotatable bonds is 2. The molecule has 0 saturated heterocycles. The fourth-order valence-corrected chi connectivity index (χ4v) is 1.79. The third-order valence-electron chi connectivity index (χ3n) is 2.53. The number of carbonyl (C=O) groups excluding carboxylic acids is 2. The fraction of sp³-hybridized carbons (Fsp3) is 0.231. The van der Waals surface area contributed by atoms with Crippen molar-refractivity contribution < 1.29 is 14.7 Å². The van der Waals surface area contributed by atoms with E-state index in [4.69, 9.17) is 0 Å². The third kappa shape index (κ3) is 1.82. The number of aliphatic hydroxyl groups excluding tert-OH is 1. The van der Waals surface area contributed by atoms with Gasteiger partial charge in [-0.2, -0.15) is 0 Å². The van der Waals surface area contributed by atoms with E-state index in [1.807, 2.05) is 13.8 Å². The normalized spacial score (nSPS) is 15.2. The van der Waals surface area contributed by atoms with E-state index in [9.17, 15) is 14.7 Å². The van der Waals surface area contributed by atoms with Gasteiger partial charge in [-0.05, 0) is 13.8 Å². The van der Waals surface area contributed by atoms with Crippen molar-refractivity contribution in [3.63, 3.8) is 0 Å². The quantitative estimate of drug-likeness (QED) is 0.760. The summed E-state index contributed by atoms with van der Waals surface area (Å²) >= 11 is 0. The van der Waals surface area contributed by atoms with Gasteiger partial charge >= 0.3 is 0 Å². The topological polar surface area (TPSA) is 66.4 Å². The summed E-state index contributed by atoms with van der Waals surface area (Å²) in [7, 11) is 0. The summed E-state index contributed by atoms with van der Waals surface area (Å²) < 4.78 is 0. The second-order valence-electron chi connectivity index (χ2n) is 4.23. The van der Waals surface area contributed by atoms with Gasteiger partial charge in [-0.3, -0.25) is 9.59 Å². The maximum atomic E-state index is 11.8. The number of fused-ring (bicyclic) bond motifs is 1. The lowest BCUT2D eigenvalue weighted by Crippen LogP contribution is -2.35. The largest absolute Gasteiger partial charge is 0.505 e. The van der Waals surface area contributed by atoms with E-state index in [-0.39, 0.29) is 23.1 Å². The number of ketones is 2. The molecular weight excluding hydrogens is 218 g/mol. The number of nitrogens with one attached hydrogen (secondary N) is 1. The summed E-state index contributed by atoms with van der Waals surface area (Å²) in [6.07, 6.45) is 0. The molecule has 17 heavy (non-hydrogen) atoms. The first kappa shape index (κ1) is 11.4. The second kappa shape index (κ2) is 4.05. The minimum atomic E-state index is -0.685. The lowest BCUT2D eigenvalue weighted by atomic mass is 9.91. The first-order chi connectivity index (χ1) is 8.02. The van der Waals surface area contributed by atoms with Crippen LogP contribution in [0.5, 0.6) is 0 Å². The third-order valence-corrected chi connectivity index (χ3v) is 2.53. The summed E-state index contributed by atoms with van der Waals surface area (Å²) in [5, 5.41) is 12.8. The number of hydrogen-bond donors (Lipinski definition) is 2. The minimum Gasteiger partial charge on any atom is -0.505 e. The van der Waals surface area contributed by atoms with E-state index >= 15 is 0 Å². The summed E-state index contributed by atoms with van der Waals surface area (Å²) in [5.74, 6) is -1.42. The Kier molecular flexibility index (Phi) is 2.71. The molecule has 4 heteroatoms. The van der Waals surface area contributed by atoms with Crippen molar-refractivity contribution in [2.45, 2.75) is 19.9 Å². The van der Waals surface area contributed by atoms with Gasteiger partial charge in [-0.1, -0.05) is 24.3 Å². The molecule has 1 aliphatic carbocycles. The SMILES string of the molecule is CC(C)NC1=C(O)c2ccccc2C(=O)C1=O. The minimum absolute atomic E-state index is 0.0105. The van der Waals surface area contributed by atoms with E-state index in [1.165, 1.54) is 6.07 Å². The number of allylic oxidation sites excluding steroid dienone is 1. The molecule has 0 aliphatic heterocycles.